The van der Waals surface area contributed by atoms with E-state index in [1.807, 2.05) is 18.2 Å². The number of aliphatic imine (C=N–C) groups is 1. The highest BCUT2D eigenvalue weighted by atomic mass is 35.5. The standard InChI is InChI=1S/C20H22ClN5O3S/c1-13-9-14(7-8-17(13)30(3,27)28)11-23-20(22-2)24-12-18-25-19(26-29-18)15-5-4-6-16(21)10-15/h4-10H,11-12H2,1-3H3,(H2,22,23,24). The lowest BCUT2D eigenvalue weighted by Crippen LogP contribution is -2.36. The molecule has 8 nitrogen and oxygen atoms in total. The van der Waals surface area contributed by atoms with E-state index in [4.69, 9.17) is 16.1 Å². The first-order valence-electron chi connectivity index (χ1n) is 9.09. The lowest BCUT2D eigenvalue weighted by Gasteiger charge is -2.12. The molecule has 3 rings (SSSR count). The van der Waals surface area contributed by atoms with E-state index in [-0.39, 0.29) is 0 Å². The van der Waals surface area contributed by atoms with Crippen LogP contribution in [0.25, 0.3) is 11.4 Å². The molecule has 0 atom stereocenters. The van der Waals surface area contributed by atoms with E-state index in [0.717, 1.165) is 11.1 Å². The van der Waals surface area contributed by atoms with Crippen molar-refractivity contribution in [1.29, 1.82) is 0 Å². The molecule has 1 heterocycles. The fraction of sp³-hybridized carbons (Fsp3) is 0.250. The van der Waals surface area contributed by atoms with E-state index in [0.29, 0.717) is 46.2 Å². The zero-order valence-corrected chi connectivity index (χ0v) is 18.4. The number of sulfone groups is 1. The van der Waals surface area contributed by atoms with Crippen LogP contribution in [0.4, 0.5) is 0 Å². The number of rotatable bonds is 6. The molecule has 2 N–H and O–H groups in total. The van der Waals surface area contributed by atoms with Gasteiger partial charge in [-0.3, -0.25) is 4.99 Å². The Balaban J connectivity index is 1.58. The average molecular weight is 448 g/mol. The third kappa shape index (κ3) is 5.58. The summed E-state index contributed by atoms with van der Waals surface area (Å²) in [5, 5.41) is 10.8. The molecule has 0 unspecified atom stereocenters. The van der Waals surface area contributed by atoms with Crippen molar-refractivity contribution in [3.8, 4) is 11.4 Å². The molecule has 0 amide bonds. The van der Waals surface area contributed by atoms with Gasteiger partial charge in [-0.1, -0.05) is 41.0 Å². The van der Waals surface area contributed by atoms with Crippen LogP contribution in [0.2, 0.25) is 5.02 Å². The highest BCUT2D eigenvalue weighted by Gasteiger charge is 2.12. The van der Waals surface area contributed by atoms with Crippen molar-refractivity contribution in [3.05, 3.63) is 64.5 Å². The Morgan fingerprint density at radius 2 is 1.93 bits per heavy atom. The Bertz CT molecular complexity index is 1170. The van der Waals surface area contributed by atoms with Crippen molar-refractivity contribution in [3.63, 3.8) is 0 Å². The first-order valence-corrected chi connectivity index (χ1v) is 11.4. The number of hydrogen-bond donors (Lipinski definition) is 2. The number of aromatic nitrogens is 2. The third-order valence-corrected chi connectivity index (χ3v) is 5.77. The van der Waals surface area contributed by atoms with Crippen LogP contribution in [0, 0.1) is 6.92 Å². The van der Waals surface area contributed by atoms with Crippen LogP contribution in [-0.4, -0.2) is 37.8 Å². The van der Waals surface area contributed by atoms with Crippen molar-refractivity contribution < 1.29 is 12.9 Å². The van der Waals surface area contributed by atoms with E-state index in [1.165, 1.54) is 6.26 Å². The van der Waals surface area contributed by atoms with Crippen molar-refractivity contribution in [2.24, 2.45) is 4.99 Å². The number of nitrogens with one attached hydrogen (secondary N) is 2. The van der Waals surface area contributed by atoms with E-state index in [1.54, 1.807) is 38.2 Å². The first-order chi connectivity index (χ1) is 14.3. The van der Waals surface area contributed by atoms with Gasteiger partial charge in [0.05, 0.1) is 11.4 Å². The van der Waals surface area contributed by atoms with Gasteiger partial charge in [0.2, 0.25) is 11.7 Å². The third-order valence-electron chi connectivity index (χ3n) is 4.28. The Kier molecular flexibility index (Phi) is 6.73. The molecule has 0 aliphatic carbocycles. The lowest BCUT2D eigenvalue weighted by atomic mass is 10.1. The van der Waals surface area contributed by atoms with Crippen molar-refractivity contribution in [1.82, 2.24) is 20.8 Å². The number of benzene rings is 2. The van der Waals surface area contributed by atoms with E-state index < -0.39 is 9.84 Å². The summed E-state index contributed by atoms with van der Waals surface area (Å²) in [5.74, 6) is 1.40. The van der Waals surface area contributed by atoms with Crippen LogP contribution >= 0.6 is 11.6 Å². The SMILES string of the molecule is CN=C(NCc1ccc(S(C)(=O)=O)c(C)c1)NCc1nc(-c2cccc(Cl)c2)no1. The van der Waals surface area contributed by atoms with Gasteiger partial charge in [-0.2, -0.15) is 4.98 Å². The fourth-order valence-electron chi connectivity index (χ4n) is 2.87. The maximum absolute atomic E-state index is 11.7. The quantitative estimate of drug-likeness (QED) is 0.441. The van der Waals surface area contributed by atoms with Gasteiger partial charge in [0.1, 0.15) is 0 Å². The van der Waals surface area contributed by atoms with Crippen LogP contribution in [0.1, 0.15) is 17.0 Å². The van der Waals surface area contributed by atoms with Gasteiger partial charge in [-0.05, 0) is 36.2 Å². The van der Waals surface area contributed by atoms with Gasteiger partial charge in [0.15, 0.2) is 15.8 Å². The predicted molar refractivity (Wildman–Crippen MR) is 116 cm³/mol. The highest BCUT2D eigenvalue weighted by Crippen LogP contribution is 2.20. The van der Waals surface area contributed by atoms with Crippen LogP contribution in [0.3, 0.4) is 0 Å². The second kappa shape index (κ2) is 9.27. The second-order valence-corrected chi connectivity index (χ2v) is 9.09. The Hall–Kier alpha value is -2.91. The Morgan fingerprint density at radius 3 is 2.60 bits per heavy atom. The van der Waals surface area contributed by atoms with Crippen LogP contribution in [0.15, 0.2) is 56.9 Å². The van der Waals surface area contributed by atoms with Gasteiger partial charge < -0.3 is 15.2 Å². The van der Waals surface area contributed by atoms with Gasteiger partial charge in [-0.25, -0.2) is 8.42 Å². The molecule has 0 aliphatic rings. The smallest absolute Gasteiger partial charge is 0.246 e. The molecule has 0 saturated carbocycles. The molecule has 10 heteroatoms. The van der Waals surface area contributed by atoms with Gasteiger partial charge >= 0.3 is 0 Å². The van der Waals surface area contributed by atoms with Crippen molar-refractivity contribution in [2.75, 3.05) is 13.3 Å². The minimum Gasteiger partial charge on any atom is -0.352 e. The van der Waals surface area contributed by atoms with E-state index in [9.17, 15) is 8.42 Å². The molecule has 0 bridgehead atoms. The second-order valence-electron chi connectivity index (χ2n) is 6.67. The monoisotopic (exact) mass is 447 g/mol. The summed E-state index contributed by atoms with van der Waals surface area (Å²) in [5.41, 5.74) is 2.41. The Labute approximate surface area is 180 Å². The molecule has 30 heavy (non-hydrogen) atoms. The molecule has 3 aromatic rings. The summed E-state index contributed by atoms with van der Waals surface area (Å²) in [4.78, 5) is 8.85. The Morgan fingerprint density at radius 1 is 1.17 bits per heavy atom. The molecule has 0 fully saturated rings. The van der Waals surface area contributed by atoms with Crippen molar-refractivity contribution >= 4 is 27.4 Å². The normalized spacial score (nSPS) is 12.1. The molecular weight excluding hydrogens is 426 g/mol. The number of hydrogen-bond acceptors (Lipinski definition) is 6. The number of halogens is 1. The molecule has 2 aromatic carbocycles. The minimum absolute atomic E-state index is 0.291. The van der Waals surface area contributed by atoms with Gasteiger partial charge in [0.25, 0.3) is 0 Å². The van der Waals surface area contributed by atoms with Crippen molar-refractivity contribution in [2.45, 2.75) is 24.9 Å². The van der Waals surface area contributed by atoms with Crippen LogP contribution in [-0.2, 0) is 22.9 Å². The van der Waals surface area contributed by atoms with Crippen LogP contribution < -0.4 is 10.6 Å². The number of aryl methyl sites for hydroxylation is 1. The lowest BCUT2D eigenvalue weighted by molar-refractivity contribution is 0.375. The van der Waals surface area contributed by atoms with E-state index >= 15 is 0 Å². The molecule has 0 radical (unpaired) electrons. The van der Waals surface area contributed by atoms with Gasteiger partial charge in [-0.15, -0.1) is 0 Å². The average Bonchev–Trinajstić information content (AvgIpc) is 3.16. The maximum atomic E-state index is 11.7. The highest BCUT2D eigenvalue weighted by molar-refractivity contribution is 7.90. The topological polar surface area (TPSA) is 109 Å². The van der Waals surface area contributed by atoms with E-state index in [2.05, 4.69) is 25.8 Å². The predicted octanol–water partition coefficient (Wildman–Crippen LogP) is 2.97. The molecule has 158 valence electrons. The zero-order valence-electron chi connectivity index (χ0n) is 16.8. The van der Waals surface area contributed by atoms with Gasteiger partial charge in [0, 0.05) is 30.4 Å². The molecule has 0 spiro atoms. The largest absolute Gasteiger partial charge is 0.352 e. The summed E-state index contributed by atoms with van der Waals surface area (Å²) in [7, 11) is -1.58. The summed E-state index contributed by atoms with van der Waals surface area (Å²) in [6.07, 6.45) is 1.20. The molecule has 0 aliphatic heterocycles. The number of nitrogens with zero attached hydrogens (tertiary/aromatic N) is 3. The minimum atomic E-state index is -3.23. The number of guanidine groups is 1. The first kappa shape index (κ1) is 21.8. The zero-order chi connectivity index (χ0) is 21.7. The fourth-order valence-corrected chi connectivity index (χ4v) is 4.02. The summed E-state index contributed by atoms with van der Waals surface area (Å²) < 4.78 is 28.7. The summed E-state index contributed by atoms with van der Waals surface area (Å²) in [6.45, 7) is 2.54. The summed E-state index contributed by atoms with van der Waals surface area (Å²) >= 11 is 6.00. The summed E-state index contributed by atoms with van der Waals surface area (Å²) in [6, 6.07) is 12.5. The van der Waals surface area contributed by atoms with Crippen LogP contribution in [0.5, 0.6) is 0 Å². The molecule has 1 aromatic heterocycles. The molecule has 0 saturated heterocycles. The molecular formula is C20H22ClN5O3S. The maximum Gasteiger partial charge on any atom is 0.246 e.